The minimum absolute atomic E-state index is 0.0729. The predicted molar refractivity (Wildman–Crippen MR) is 62.9 cm³/mol. The van der Waals surface area contributed by atoms with Crippen LogP contribution in [0.3, 0.4) is 0 Å². The van der Waals surface area contributed by atoms with E-state index in [2.05, 4.69) is 14.7 Å². The van der Waals surface area contributed by atoms with Gasteiger partial charge >= 0.3 is 6.61 Å². The Morgan fingerprint density at radius 2 is 1.78 bits per heavy atom. The van der Waals surface area contributed by atoms with Crippen LogP contribution >= 0.6 is 0 Å². The van der Waals surface area contributed by atoms with E-state index in [4.69, 9.17) is 11.5 Å². The van der Waals surface area contributed by atoms with E-state index in [1.54, 1.807) is 12.1 Å². The van der Waals surface area contributed by atoms with Crippen LogP contribution in [0.2, 0.25) is 0 Å². The van der Waals surface area contributed by atoms with E-state index in [9.17, 15) is 8.78 Å². The van der Waals surface area contributed by atoms with Crippen molar-refractivity contribution in [1.29, 1.82) is 0 Å². The molecular weight excluding hydrogens is 242 g/mol. The number of nitrogen functional groups attached to an aromatic ring is 2. The fraction of sp³-hybridized carbons (Fsp3) is 0.0909. The van der Waals surface area contributed by atoms with Crippen molar-refractivity contribution in [1.82, 2.24) is 9.97 Å². The van der Waals surface area contributed by atoms with Crippen molar-refractivity contribution in [3.05, 3.63) is 30.5 Å². The molecule has 1 aromatic carbocycles. The SMILES string of the molecule is Nc1ncc(-c2ccc(OC(F)F)cc2)c(N)n1. The lowest BCUT2D eigenvalue weighted by atomic mass is 10.1. The second-order valence-corrected chi connectivity index (χ2v) is 3.43. The molecule has 0 aliphatic heterocycles. The van der Waals surface area contributed by atoms with Gasteiger partial charge in [0.1, 0.15) is 11.6 Å². The summed E-state index contributed by atoms with van der Waals surface area (Å²) in [7, 11) is 0. The summed E-state index contributed by atoms with van der Waals surface area (Å²) in [6.45, 7) is -2.85. The van der Waals surface area contributed by atoms with E-state index < -0.39 is 6.61 Å². The molecule has 0 bridgehead atoms. The number of hydrogen-bond donors (Lipinski definition) is 2. The number of ether oxygens (including phenoxy) is 1. The maximum atomic E-state index is 12.0. The van der Waals surface area contributed by atoms with Gasteiger partial charge in [0, 0.05) is 11.8 Å². The quantitative estimate of drug-likeness (QED) is 0.871. The molecule has 2 aromatic rings. The average molecular weight is 252 g/mol. The molecule has 2 rings (SSSR count). The van der Waals surface area contributed by atoms with Gasteiger partial charge in [0.25, 0.3) is 0 Å². The van der Waals surface area contributed by atoms with Crippen LogP contribution in [0.15, 0.2) is 30.5 Å². The van der Waals surface area contributed by atoms with Crippen molar-refractivity contribution >= 4 is 11.8 Å². The van der Waals surface area contributed by atoms with Crippen LogP contribution < -0.4 is 16.2 Å². The lowest BCUT2D eigenvalue weighted by Crippen LogP contribution is -2.02. The Hall–Kier alpha value is -2.44. The van der Waals surface area contributed by atoms with Gasteiger partial charge in [0.2, 0.25) is 5.95 Å². The first-order valence-electron chi connectivity index (χ1n) is 4.99. The third-order valence-corrected chi connectivity index (χ3v) is 2.23. The van der Waals surface area contributed by atoms with E-state index in [1.807, 2.05) is 0 Å². The Kier molecular flexibility index (Phi) is 3.22. The smallest absolute Gasteiger partial charge is 0.387 e. The van der Waals surface area contributed by atoms with Gasteiger partial charge in [0.05, 0.1) is 0 Å². The lowest BCUT2D eigenvalue weighted by molar-refractivity contribution is -0.0498. The Balaban J connectivity index is 2.28. The number of nitrogens with two attached hydrogens (primary N) is 2. The zero-order chi connectivity index (χ0) is 13.1. The molecule has 7 heteroatoms. The summed E-state index contributed by atoms with van der Waals surface area (Å²) < 4.78 is 28.2. The molecule has 18 heavy (non-hydrogen) atoms. The highest BCUT2D eigenvalue weighted by atomic mass is 19.3. The highest BCUT2D eigenvalue weighted by Crippen LogP contribution is 2.26. The van der Waals surface area contributed by atoms with Gasteiger partial charge in [-0.3, -0.25) is 0 Å². The fourth-order valence-corrected chi connectivity index (χ4v) is 1.45. The van der Waals surface area contributed by atoms with Crippen LogP contribution in [0.1, 0.15) is 0 Å². The summed E-state index contributed by atoms with van der Waals surface area (Å²) in [4.78, 5) is 7.64. The first-order chi connectivity index (χ1) is 8.56. The second kappa shape index (κ2) is 4.82. The molecule has 5 nitrogen and oxygen atoms in total. The van der Waals surface area contributed by atoms with Gasteiger partial charge in [-0.2, -0.15) is 13.8 Å². The fourth-order valence-electron chi connectivity index (χ4n) is 1.45. The predicted octanol–water partition coefficient (Wildman–Crippen LogP) is 1.91. The van der Waals surface area contributed by atoms with Gasteiger partial charge < -0.3 is 16.2 Å². The van der Waals surface area contributed by atoms with Crippen molar-refractivity contribution < 1.29 is 13.5 Å². The molecule has 0 aliphatic carbocycles. The van der Waals surface area contributed by atoms with Crippen molar-refractivity contribution in [3.63, 3.8) is 0 Å². The number of nitrogens with zero attached hydrogens (tertiary/aromatic N) is 2. The average Bonchev–Trinajstić information content (AvgIpc) is 2.30. The van der Waals surface area contributed by atoms with E-state index >= 15 is 0 Å². The number of alkyl halides is 2. The number of halogens is 2. The third kappa shape index (κ3) is 2.62. The van der Waals surface area contributed by atoms with Crippen LogP contribution in [0.5, 0.6) is 5.75 Å². The number of aromatic nitrogens is 2. The summed E-state index contributed by atoms with van der Waals surface area (Å²) in [6.07, 6.45) is 1.47. The zero-order valence-electron chi connectivity index (χ0n) is 9.18. The largest absolute Gasteiger partial charge is 0.435 e. The van der Waals surface area contributed by atoms with Crippen molar-refractivity contribution in [2.75, 3.05) is 11.5 Å². The Morgan fingerprint density at radius 3 is 2.33 bits per heavy atom. The normalized spacial score (nSPS) is 10.6. The van der Waals surface area contributed by atoms with Gasteiger partial charge in [-0.15, -0.1) is 0 Å². The number of benzene rings is 1. The first-order valence-corrected chi connectivity index (χ1v) is 4.99. The Morgan fingerprint density at radius 1 is 1.11 bits per heavy atom. The molecule has 0 atom stereocenters. The number of anilines is 2. The molecule has 0 unspecified atom stereocenters. The minimum atomic E-state index is -2.85. The third-order valence-electron chi connectivity index (χ3n) is 2.23. The van der Waals surface area contributed by atoms with Gasteiger partial charge in [-0.05, 0) is 17.7 Å². The molecule has 0 saturated heterocycles. The Labute approximate surface area is 101 Å². The van der Waals surface area contributed by atoms with Crippen LogP contribution in [-0.4, -0.2) is 16.6 Å². The van der Waals surface area contributed by atoms with Crippen LogP contribution in [0, 0.1) is 0 Å². The van der Waals surface area contributed by atoms with Crippen LogP contribution in [-0.2, 0) is 0 Å². The molecule has 0 saturated carbocycles. The van der Waals surface area contributed by atoms with E-state index in [0.717, 1.165) is 0 Å². The standard InChI is InChI=1S/C11H10F2N4O/c12-10(13)18-7-3-1-6(2-4-7)8-5-16-11(15)17-9(8)14/h1-5,10H,(H4,14,15,16,17). The molecule has 1 heterocycles. The maximum Gasteiger partial charge on any atom is 0.387 e. The number of hydrogen-bond acceptors (Lipinski definition) is 5. The topological polar surface area (TPSA) is 87.0 Å². The highest BCUT2D eigenvalue weighted by molar-refractivity contribution is 5.73. The maximum absolute atomic E-state index is 12.0. The summed E-state index contributed by atoms with van der Waals surface area (Å²) >= 11 is 0. The first kappa shape index (κ1) is 12.0. The lowest BCUT2D eigenvalue weighted by Gasteiger charge is -2.07. The van der Waals surface area contributed by atoms with Gasteiger partial charge in [-0.25, -0.2) is 4.98 Å². The molecule has 0 fully saturated rings. The summed E-state index contributed by atoms with van der Waals surface area (Å²) in [6, 6.07) is 6.00. The Bertz CT molecular complexity index is 545. The molecular formula is C11H10F2N4O. The van der Waals surface area contributed by atoms with Gasteiger partial charge in [0.15, 0.2) is 0 Å². The molecule has 4 N–H and O–H groups in total. The van der Waals surface area contributed by atoms with E-state index in [-0.39, 0.29) is 17.5 Å². The molecule has 94 valence electrons. The van der Waals surface area contributed by atoms with E-state index in [1.165, 1.54) is 18.3 Å². The minimum Gasteiger partial charge on any atom is -0.435 e. The van der Waals surface area contributed by atoms with Crippen LogP contribution in [0.4, 0.5) is 20.5 Å². The monoisotopic (exact) mass is 252 g/mol. The molecule has 1 aromatic heterocycles. The number of rotatable bonds is 3. The van der Waals surface area contributed by atoms with Gasteiger partial charge in [-0.1, -0.05) is 12.1 Å². The molecule has 0 radical (unpaired) electrons. The van der Waals surface area contributed by atoms with E-state index in [0.29, 0.717) is 11.1 Å². The molecule has 0 amide bonds. The zero-order valence-corrected chi connectivity index (χ0v) is 9.18. The highest BCUT2D eigenvalue weighted by Gasteiger charge is 2.07. The summed E-state index contributed by atoms with van der Waals surface area (Å²) in [5.41, 5.74) is 12.3. The molecule has 0 aliphatic rings. The molecule has 0 spiro atoms. The van der Waals surface area contributed by atoms with Crippen molar-refractivity contribution in [3.8, 4) is 16.9 Å². The summed E-state index contributed by atoms with van der Waals surface area (Å²) in [5, 5.41) is 0. The van der Waals surface area contributed by atoms with Crippen LogP contribution in [0.25, 0.3) is 11.1 Å². The second-order valence-electron chi connectivity index (χ2n) is 3.43. The summed E-state index contributed by atoms with van der Waals surface area (Å²) in [5.74, 6) is 0.377. The van der Waals surface area contributed by atoms with Crippen molar-refractivity contribution in [2.24, 2.45) is 0 Å². The van der Waals surface area contributed by atoms with Crippen molar-refractivity contribution in [2.45, 2.75) is 6.61 Å².